The minimum Gasteiger partial charge on any atom is -0.340 e. The lowest BCUT2D eigenvalue weighted by Gasteiger charge is -2.11. The summed E-state index contributed by atoms with van der Waals surface area (Å²) in [4.78, 5) is 8.41. The molecule has 3 rings (SSSR count). The van der Waals surface area contributed by atoms with Crippen LogP contribution in [0, 0.1) is 24.4 Å². The van der Waals surface area contributed by atoms with Crippen molar-refractivity contribution in [1.29, 1.82) is 0 Å². The summed E-state index contributed by atoms with van der Waals surface area (Å²) in [7, 11) is 0. The minimum absolute atomic E-state index is 0.0177. The zero-order chi connectivity index (χ0) is 18.0. The van der Waals surface area contributed by atoms with Gasteiger partial charge in [-0.1, -0.05) is 11.6 Å². The van der Waals surface area contributed by atoms with Gasteiger partial charge in [0.25, 0.3) is 0 Å². The molecule has 0 unspecified atom stereocenters. The van der Waals surface area contributed by atoms with Crippen LogP contribution >= 0.6 is 11.6 Å². The zero-order valence-corrected chi connectivity index (χ0v) is 13.7. The Kier molecular flexibility index (Phi) is 4.76. The standard InChI is InChI=1S/C17H12ClF3N4/c1-9-22-16(24-10-2-4-13(19)12(18)6-10)8-17(23-9)25-11-3-5-14(20)15(21)7-11/h2-8H,1H3,(H2,22,23,24,25). The number of rotatable bonds is 4. The summed E-state index contributed by atoms with van der Waals surface area (Å²) in [6.07, 6.45) is 0. The molecule has 0 amide bonds. The van der Waals surface area contributed by atoms with E-state index in [1.54, 1.807) is 13.0 Å². The highest BCUT2D eigenvalue weighted by atomic mass is 35.5. The normalized spacial score (nSPS) is 10.6. The zero-order valence-electron chi connectivity index (χ0n) is 12.9. The fourth-order valence-electron chi connectivity index (χ4n) is 2.14. The number of aromatic nitrogens is 2. The van der Waals surface area contributed by atoms with Gasteiger partial charge in [-0.05, 0) is 37.3 Å². The van der Waals surface area contributed by atoms with E-state index in [2.05, 4.69) is 20.6 Å². The highest BCUT2D eigenvalue weighted by Crippen LogP contribution is 2.24. The van der Waals surface area contributed by atoms with Crippen LogP contribution in [0.2, 0.25) is 5.02 Å². The first kappa shape index (κ1) is 17.0. The average molecular weight is 365 g/mol. The fraction of sp³-hybridized carbons (Fsp3) is 0.0588. The molecule has 0 spiro atoms. The first-order valence-corrected chi connectivity index (χ1v) is 7.58. The number of nitrogens with zero attached hydrogens (tertiary/aromatic N) is 2. The lowest BCUT2D eigenvalue weighted by Crippen LogP contribution is -2.02. The van der Waals surface area contributed by atoms with Gasteiger partial charge in [0, 0.05) is 23.5 Å². The Morgan fingerprint density at radius 3 is 1.88 bits per heavy atom. The predicted molar refractivity (Wildman–Crippen MR) is 91.1 cm³/mol. The predicted octanol–water partition coefficient (Wildman–Crippen LogP) is 5.34. The molecule has 25 heavy (non-hydrogen) atoms. The van der Waals surface area contributed by atoms with Gasteiger partial charge in [0.05, 0.1) is 5.02 Å². The van der Waals surface area contributed by atoms with Crippen molar-refractivity contribution in [2.75, 3.05) is 10.6 Å². The summed E-state index contributed by atoms with van der Waals surface area (Å²) in [5.41, 5.74) is 0.885. The van der Waals surface area contributed by atoms with Crippen molar-refractivity contribution in [3.05, 3.63) is 70.8 Å². The summed E-state index contributed by atoms with van der Waals surface area (Å²) in [5.74, 6) is -1.15. The molecule has 0 aliphatic rings. The minimum atomic E-state index is -0.963. The van der Waals surface area contributed by atoms with Gasteiger partial charge in [-0.15, -0.1) is 0 Å². The maximum absolute atomic E-state index is 13.3. The number of halogens is 4. The van der Waals surface area contributed by atoms with Crippen LogP contribution < -0.4 is 10.6 Å². The second-order valence-electron chi connectivity index (χ2n) is 5.19. The van der Waals surface area contributed by atoms with E-state index in [-0.39, 0.29) is 5.02 Å². The highest BCUT2D eigenvalue weighted by Gasteiger charge is 2.07. The number of nitrogens with one attached hydrogen (secondary N) is 2. The quantitative estimate of drug-likeness (QED) is 0.655. The smallest absolute Gasteiger partial charge is 0.160 e. The van der Waals surface area contributed by atoms with Gasteiger partial charge in [0.15, 0.2) is 11.6 Å². The van der Waals surface area contributed by atoms with Crippen LogP contribution in [-0.4, -0.2) is 9.97 Å². The lowest BCUT2D eigenvalue weighted by molar-refractivity contribution is 0.509. The van der Waals surface area contributed by atoms with Gasteiger partial charge in [-0.2, -0.15) is 0 Å². The van der Waals surface area contributed by atoms with Crippen molar-refractivity contribution in [2.45, 2.75) is 6.92 Å². The lowest BCUT2D eigenvalue weighted by atomic mass is 10.3. The Balaban J connectivity index is 1.84. The van der Waals surface area contributed by atoms with Gasteiger partial charge < -0.3 is 10.6 Å². The van der Waals surface area contributed by atoms with E-state index in [0.717, 1.165) is 12.1 Å². The molecule has 0 radical (unpaired) electrons. The monoisotopic (exact) mass is 364 g/mol. The highest BCUT2D eigenvalue weighted by molar-refractivity contribution is 6.31. The maximum Gasteiger partial charge on any atom is 0.160 e. The summed E-state index contributed by atoms with van der Waals surface area (Å²) in [5, 5.41) is 5.84. The van der Waals surface area contributed by atoms with E-state index < -0.39 is 17.5 Å². The molecular formula is C17H12ClF3N4. The number of hydrogen-bond acceptors (Lipinski definition) is 4. The molecule has 0 fully saturated rings. The van der Waals surface area contributed by atoms with Crippen LogP contribution in [0.4, 0.5) is 36.2 Å². The number of aryl methyl sites for hydroxylation is 1. The Morgan fingerprint density at radius 2 is 1.32 bits per heavy atom. The number of hydrogen-bond donors (Lipinski definition) is 2. The van der Waals surface area contributed by atoms with Crippen LogP contribution in [0.1, 0.15) is 5.82 Å². The SMILES string of the molecule is Cc1nc(Nc2ccc(F)c(F)c2)cc(Nc2ccc(F)c(Cl)c2)n1. The van der Waals surface area contributed by atoms with E-state index in [1.165, 1.54) is 24.3 Å². The van der Waals surface area contributed by atoms with Crippen LogP contribution in [0.15, 0.2) is 42.5 Å². The van der Waals surface area contributed by atoms with Gasteiger partial charge in [-0.3, -0.25) is 0 Å². The van der Waals surface area contributed by atoms with E-state index in [4.69, 9.17) is 11.6 Å². The van der Waals surface area contributed by atoms with E-state index >= 15 is 0 Å². The second kappa shape index (κ2) is 6.98. The molecule has 0 bridgehead atoms. The Bertz CT molecular complexity index is 862. The number of benzene rings is 2. The molecule has 4 nitrogen and oxygen atoms in total. The van der Waals surface area contributed by atoms with Gasteiger partial charge in [-0.25, -0.2) is 23.1 Å². The molecule has 128 valence electrons. The van der Waals surface area contributed by atoms with Crippen molar-refractivity contribution in [3.63, 3.8) is 0 Å². The first-order chi connectivity index (χ1) is 11.9. The maximum atomic E-state index is 13.3. The third-order valence-electron chi connectivity index (χ3n) is 3.22. The van der Waals surface area contributed by atoms with Crippen molar-refractivity contribution in [2.24, 2.45) is 0 Å². The molecule has 2 aromatic carbocycles. The van der Waals surface area contributed by atoms with Crippen molar-refractivity contribution in [3.8, 4) is 0 Å². The molecule has 0 aliphatic heterocycles. The number of anilines is 4. The summed E-state index contributed by atoms with van der Waals surface area (Å²) >= 11 is 5.75. The molecule has 1 heterocycles. The van der Waals surface area contributed by atoms with Gasteiger partial charge in [0.1, 0.15) is 23.3 Å². The second-order valence-corrected chi connectivity index (χ2v) is 5.60. The third-order valence-corrected chi connectivity index (χ3v) is 3.51. The van der Waals surface area contributed by atoms with Crippen molar-refractivity contribution < 1.29 is 13.2 Å². The molecule has 0 atom stereocenters. The molecule has 0 saturated heterocycles. The van der Waals surface area contributed by atoms with E-state index in [9.17, 15) is 13.2 Å². The van der Waals surface area contributed by atoms with Crippen LogP contribution in [0.5, 0.6) is 0 Å². The Hall–Kier alpha value is -2.80. The van der Waals surface area contributed by atoms with Crippen molar-refractivity contribution in [1.82, 2.24) is 9.97 Å². The summed E-state index contributed by atoms with van der Waals surface area (Å²) < 4.78 is 39.5. The molecule has 3 aromatic rings. The van der Waals surface area contributed by atoms with Gasteiger partial charge in [0.2, 0.25) is 0 Å². The van der Waals surface area contributed by atoms with Crippen LogP contribution in [-0.2, 0) is 0 Å². The summed E-state index contributed by atoms with van der Waals surface area (Å²) in [6, 6.07) is 9.19. The summed E-state index contributed by atoms with van der Waals surface area (Å²) in [6.45, 7) is 1.68. The molecule has 8 heteroatoms. The van der Waals surface area contributed by atoms with E-state index in [1.807, 2.05) is 0 Å². The average Bonchev–Trinajstić information content (AvgIpc) is 2.54. The largest absolute Gasteiger partial charge is 0.340 e. The van der Waals surface area contributed by atoms with Crippen molar-refractivity contribution >= 4 is 34.6 Å². The first-order valence-electron chi connectivity index (χ1n) is 7.20. The topological polar surface area (TPSA) is 49.8 Å². The van der Waals surface area contributed by atoms with Crippen LogP contribution in [0.3, 0.4) is 0 Å². The fourth-order valence-corrected chi connectivity index (χ4v) is 2.32. The third kappa shape index (κ3) is 4.19. The molecule has 0 saturated carbocycles. The van der Waals surface area contributed by atoms with Gasteiger partial charge >= 0.3 is 0 Å². The molecular weight excluding hydrogens is 353 g/mol. The molecule has 2 N–H and O–H groups in total. The Labute approximate surface area is 146 Å². The molecule has 1 aromatic heterocycles. The Morgan fingerprint density at radius 1 is 0.760 bits per heavy atom. The molecule has 0 aliphatic carbocycles. The van der Waals surface area contributed by atoms with Crippen LogP contribution in [0.25, 0.3) is 0 Å². The van der Waals surface area contributed by atoms with E-state index in [0.29, 0.717) is 28.8 Å².